The number of aryl methyl sites for hydroxylation is 2. The zero-order valence-corrected chi connectivity index (χ0v) is 27.8. The second kappa shape index (κ2) is 14.2. The standard InChI is InChI=1S/C36H38N2S4/c1-3-5-7-9-13-25-21-31(41-23-25)27-17-18-28(32-22-26(24-42-32)14-10-8-6-4-2)34-33(27)37-35(29-15-11-19-39-29)36(38-34)30-16-12-20-40-30/h11-12,15-24H,3-10,13-14H2,1-2H3. The summed E-state index contributed by atoms with van der Waals surface area (Å²) in [6.07, 6.45) is 12.6. The predicted molar refractivity (Wildman–Crippen MR) is 188 cm³/mol. The summed E-state index contributed by atoms with van der Waals surface area (Å²) in [5.41, 5.74) is 9.25. The summed E-state index contributed by atoms with van der Waals surface area (Å²) < 4.78 is 0. The summed E-state index contributed by atoms with van der Waals surface area (Å²) in [6, 6.07) is 17.9. The Morgan fingerprint density at radius 3 is 1.40 bits per heavy atom. The van der Waals surface area contributed by atoms with Gasteiger partial charge in [0, 0.05) is 20.9 Å². The highest BCUT2D eigenvalue weighted by Crippen LogP contribution is 2.42. The van der Waals surface area contributed by atoms with Crippen LogP contribution in [-0.4, -0.2) is 9.97 Å². The van der Waals surface area contributed by atoms with Gasteiger partial charge < -0.3 is 0 Å². The minimum Gasteiger partial charge on any atom is -0.242 e. The van der Waals surface area contributed by atoms with Crippen LogP contribution in [-0.2, 0) is 12.8 Å². The molecular weight excluding hydrogens is 589 g/mol. The van der Waals surface area contributed by atoms with Gasteiger partial charge in [-0.2, -0.15) is 0 Å². The van der Waals surface area contributed by atoms with Gasteiger partial charge in [0.25, 0.3) is 0 Å². The van der Waals surface area contributed by atoms with E-state index in [0.717, 1.165) is 45.0 Å². The molecule has 0 unspecified atom stereocenters. The Labute approximate surface area is 266 Å². The maximum absolute atomic E-state index is 5.47. The van der Waals surface area contributed by atoms with Crippen LogP contribution in [0.5, 0.6) is 0 Å². The quantitative estimate of drug-likeness (QED) is 0.112. The number of unbranched alkanes of at least 4 members (excludes halogenated alkanes) is 6. The van der Waals surface area contributed by atoms with E-state index in [1.807, 2.05) is 22.7 Å². The van der Waals surface area contributed by atoms with Gasteiger partial charge in [-0.1, -0.05) is 76.6 Å². The van der Waals surface area contributed by atoms with Crippen molar-refractivity contribution in [1.29, 1.82) is 0 Å². The Morgan fingerprint density at radius 1 is 0.524 bits per heavy atom. The SMILES string of the molecule is CCCCCCc1csc(-c2ccc(-c3cc(CCCCCC)cs3)c3nc(-c4cccs4)c(-c4cccs4)nc23)c1. The van der Waals surface area contributed by atoms with Gasteiger partial charge in [-0.15, -0.1) is 45.3 Å². The van der Waals surface area contributed by atoms with Crippen molar-refractivity contribution < 1.29 is 0 Å². The predicted octanol–water partition coefficient (Wildman–Crippen LogP) is 12.8. The lowest BCUT2D eigenvalue weighted by Gasteiger charge is -2.13. The normalized spacial score (nSPS) is 11.6. The van der Waals surface area contributed by atoms with Crippen molar-refractivity contribution in [2.24, 2.45) is 0 Å². The molecule has 42 heavy (non-hydrogen) atoms. The Bertz CT molecular complexity index is 1580. The van der Waals surface area contributed by atoms with Crippen molar-refractivity contribution in [3.05, 3.63) is 81.2 Å². The number of hydrogen-bond acceptors (Lipinski definition) is 6. The van der Waals surface area contributed by atoms with E-state index in [1.54, 1.807) is 22.7 Å². The summed E-state index contributed by atoms with van der Waals surface area (Å²) in [6.45, 7) is 4.55. The van der Waals surface area contributed by atoms with Gasteiger partial charge in [0.1, 0.15) is 11.4 Å². The van der Waals surface area contributed by atoms with Crippen LogP contribution in [0.2, 0.25) is 0 Å². The van der Waals surface area contributed by atoms with E-state index in [-0.39, 0.29) is 0 Å². The largest absolute Gasteiger partial charge is 0.242 e. The van der Waals surface area contributed by atoms with Crippen LogP contribution in [0.3, 0.4) is 0 Å². The molecule has 216 valence electrons. The van der Waals surface area contributed by atoms with Crippen LogP contribution in [0.15, 0.2) is 70.1 Å². The van der Waals surface area contributed by atoms with Gasteiger partial charge in [-0.05, 0) is 82.6 Å². The molecule has 0 saturated carbocycles. The van der Waals surface area contributed by atoms with Crippen molar-refractivity contribution in [3.63, 3.8) is 0 Å². The molecule has 0 aliphatic carbocycles. The minimum atomic E-state index is 0.984. The molecule has 0 radical (unpaired) electrons. The average Bonchev–Trinajstić information content (AvgIpc) is 3.85. The van der Waals surface area contributed by atoms with Gasteiger partial charge in [0.05, 0.1) is 20.8 Å². The number of aromatic nitrogens is 2. The number of nitrogens with zero attached hydrogens (tertiary/aromatic N) is 2. The third-order valence-corrected chi connectivity index (χ3v) is 11.6. The Kier molecular flexibility index (Phi) is 9.97. The third kappa shape index (κ3) is 6.62. The molecule has 6 aromatic rings. The second-order valence-electron chi connectivity index (χ2n) is 11.0. The minimum absolute atomic E-state index is 0.984. The molecule has 0 aliphatic rings. The number of thiophene rings is 4. The van der Waals surface area contributed by atoms with E-state index in [4.69, 9.17) is 9.97 Å². The number of rotatable bonds is 14. The highest BCUT2D eigenvalue weighted by molar-refractivity contribution is 7.15. The Hall–Kier alpha value is -2.64. The molecule has 0 atom stereocenters. The molecule has 0 aliphatic heterocycles. The first kappa shape index (κ1) is 29.4. The van der Waals surface area contributed by atoms with Crippen LogP contribution in [0.1, 0.15) is 76.3 Å². The summed E-state index contributed by atoms with van der Waals surface area (Å²) in [7, 11) is 0. The maximum atomic E-state index is 5.47. The van der Waals surface area contributed by atoms with Crippen molar-refractivity contribution in [3.8, 4) is 42.0 Å². The zero-order valence-electron chi connectivity index (χ0n) is 24.5. The van der Waals surface area contributed by atoms with Crippen LogP contribution < -0.4 is 0 Å². The highest BCUT2D eigenvalue weighted by atomic mass is 32.1. The molecule has 0 amide bonds. The van der Waals surface area contributed by atoms with Gasteiger partial charge >= 0.3 is 0 Å². The highest BCUT2D eigenvalue weighted by Gasteiger charge is 2.21. The second-order valence-corrected chi connectivity index (χ2v) is 14.7. The lowest BCUT2D eigenvalue weighted by atomic mass is 10.0. The molecule has 2 nitrogen and oxygen atoms in total. The van der Waals surface area contributed by atoms with Crippen LogP contribution in [0, 0.1) is 0 Å². The molecule has 6 heteroatoms. The molecule has 5 aromatic heterocycles. The van der Waals surface area contributed by atoms with E-state index < -0.39 is 0 Å². The van der Waals surface area contributed by atoms with Crippen molar-refractivity contribution in [2.75, 3.05) is 0 Å². The van der Waals surface area contributed by atoms with Crippen LogP contribution in [0.25, 0.3) is 53.1 Å². The first-order valence-corrected chi connectivity index (χ1v) is 18.8. The summed E-state index contributed by atoms with van der Waals surface area (Å²) in [5, 5.41) is 8.96. The van der Waals surface area contributed by atoms with Gasteiger partial charge in [-0.3, -0.25) is 0 Å². The molecular formula is C36H38N2S4. The molecule has 0 saturated heterocycles. The topological polar surface area (TPSA) is 25.8 Å². The molecule has 5 heterocycles. The first-order chi connectivity index (χ1) is 20.7. The van der Waals surface area contributed by atoms with Gasteiger partial charge in [-0.25, -0.2) is 9.97 Å². The molecule has 0 bridgehead atoms. The summed E-state index contributed by atoms with van der Waals surface area (Å²) in [4.78, 5) is 15.9. The average molecular weight is 627 g/mol. The number of fused-ring (bicyclic) bond motifs is 1. The number of benzene rings is 1. The fraction of sp³-hybridized carbons (Fsp3) is 0.333. The molecule has 0 spiro atoms. The first-order valence-electron chi connectivity index (χ1n) is 15.3. The third-order valence-electron chi connectivity index (χ3n) is 7.81. The van der Waals surface area contributed by atoms with Crippen LogP contribution >= 0.6 is 45.3 Å². The van der Waals surface area contributed by atoms with E-state index in [1.165, 1.54) is 83.4 Å². The fourth-order valence-electron chi connectivity index (χ4n) is 5.51. The fourth-order valence-corrected chi connectivity index (χ4v) is 8.89. The number of hydrogen-bond donors (Lipinski definition) is 0. The molecule has 6 rings (SSSR count). The van der Waals surface area contributed by atoms with Crippen molar-refractivity contribution in [1.82, 2.24) is 9.97 Å². The monoisotopic (exact) mass is 626 g/mol. The molecule has 1 aromatic carbocycles. The molecule has 0 fully saturated rings. The van der Waals surface area contributed by atoms with E-state index >= 15 is 0 Å². The summed E-state index contributed by atoms with van der Waals surface area (Å²) in [5.74, 6) is 0. The Morgan fingerprint density at radius 2 is 1.00 bits per heavy atom. The molecule has 0 N–H and O–H groups in total. The van der Waals surface area contributed by atoms with Crippen LogP contribution in [0.4, 0.5) is 0 Å². The smallest absolute Gasteiger partial charge is 0.108 e. The van der Waals surface area contributed by atoms with Gasteiger partial charge in [0.2, 0.25) is 0 Å². The lowest BCUT2D eigenvalue weighted by Crippen LogP contribution is -1.96. The summed E-state index contributed by atoms with van der Waals surface area (Å²) >= 11 is 7.16. The van der Waals surface area contributed by atoms with E-state index in [2.05, 4.69) is 83.9 Å². The maximum Gasteiger partial charge on any atom is 0.108 e. The van der Waals surface area contributed by atoms with E-state index in [0.29, 0.717) is 0 Å². The Balaban J connectivity index is 1.46. The van der Waals surface area contributed by atoms with Gasteiger partial charge in [0.15, 0.2) is 0 Å². The lowest BCUT2D eigenvalue weighted by molar-refractivity contribution is 0.667. The van der Waals surface area contributed by atoms with E-state index in [9.17, 15) is 0 Å². The van der Waals surface area contributed by atoms with Crippen molar-refractivity contribution >= 4 is 56.4 Å². The zero-order chi connectivity index (χ0) is 28.7. The van der Waals surface area contributed by atoms with Crippen molar-refractivity contribution in [2.45, 2.75) is 78.1 Å².